The Morgan fingerprint density at radius 2 is 1.54 bits per heavy atom. The van der Waals surface area contributed by atoms with Crippen molar-refractivity contribution in [1.29, 1.82) is 0 Å². The fraction of sp³-hybridized carbons (Fsp3) is 0.692. The molecule has 0 nitrogen and oxygen atoms in total. The van der Waals surface area contributed by atoms with Crippen LogP contribution in [0.2, 0.25) is 0 Å². The van der Waals surface area contributed by atoms with Gasteiger partial charge in [0.2, 0.25) is 0 Å². The molecule has 3 aliphatic carbocycles. The summed E-state index contributed by atoms with van der Waals surface area (Å²) in [5.41, 5.74) is 3.43. The fourth-order valence-electron chi connectivity index (χ4n) is 2.37. The van der Waals surface area contributed by atoms with Crippen molar-refractivity contribution in [3.8, 4) is 0 Å². The second-order valence-corrected chi connectivity index (χ2v) is 4.38. The lowest BCUT2D eigenvalue weighted by atomic mass is 9.92. The maximum Gasteiger partial charge on any atom is -0.0136 e. The Balaban J connectivity index is 2.02. The molecule has 0 aromatic rings. The van der Waals surface area contributed by atoms with Gasteiger partial charge in [-0.05, 0) is 44.9 Å². The second kappa shape index (κ2) is 4.64. The normalized spacial score (nSPS) is 24.6. The van der Waals surface area contributed by atoms with Crippen molar-refractivity contribution in [3.05, 3.63) is 23.3 Å². The Kier molecular flexibility index (Phi) is 3.23. The summed E-state index contributed by atoms with van der Waals surface area (Å²) in [7, 11) is 0. The van der Waals surface area contributed by atoms with Crippen LogP contribution >= 0.6 is 0 Å². The minimum atomic E-state index is 1.26. The molecule has 0 atom stereocenters. The Bertz CT molecular complexity index is 220. The zero-order valence-corrected chi connectivity index (χ0v) is 8.52. The van der Waals surface area contributed by atoms with Gasteiger partial charge < -0.3 is 0 Å². The number of hydrogen-bond donors (Lipinski definition) is 0. The van der Waals surface area contributed by atoms with Crippen molar-refractivity contribution in [1.82, 2.24) is 0 Å². The van der Waals surface area contributed by atoms with Gasteiger partial charge in [0.05, 0.1) is 0 Å². The minimum absolute atomic E-state index is 1.26. The molecular weight excluding hydrogens is 156 g/mol. The van der Waals surface area contributed by atoms with Crippen LogP contribution in [-0.2, 0) is 0 Å². The molecule has 2 bridgehead atoms. The largest absolute Gasteiger partial charge is 0.0850 e. The SMILES string of the molecule is C1=C2CC=C(CCCCCC1)CC2. The summed E-state index contributed by atoms with van der Waals surface area (Å²) < 4.78 is 0. The summed E-state index contributed by atoms with van der Waals surface area (Å²) in [6.07, 6.45) is 17.4. The Morgan fingerprint density at radius 3 is 2.38 bits per heavy atom. The van der Waals surface area contributed by atoms with Crippen LogP contribution in [0.4, 0.5) is 0 Å². The van der Waals surface area contributed by atoms with Crippen molar-refractivity contribution >= 4 is 0 Å². The lowest BCUT2D eigenvalue weighted by Gasteiger charge is -2.14. The zero-order valence-electron chi connectivity index (χ0n) is 8.52. The lowest BCUT2D eigenvalue weighted by molar-refractivity contribution is 0.639. The van der Waals surface area contributed by atoms with Gasteiger partial charge in [-0.3, -0.25) is 0 Å². The summed E-state index contributed by atoms with van der Waals surface area (Å²) in [4.78, 5) is 0. The van der Waals surface area contributed by atoms with Gasteiger partial charge in [0.25, 0.3) is 0 Å². The van der Waals surface area contributed by atoms with Gasteiger partial charge in [0.1, 0.15) is 0 Å². The summed E-state index contributed by atoms with van der Waals surface area (Å²) in [6.45, 7) is 0. The van der Waals surface area contributed by atoms with Gasteiger partial charge >= 0.3 is 0 Å². The second-order valence-electron chi connectivity index (χ2n) is 4.38. The van der Waals surface area contributed by atoms with Crippen molar-refractivity contribution in [2.75, 3.05) is 0 Å². The van der Waals surface area contributed by atoms with Gasteiger partial charge in [-0.2, -0.15) is 0 Å². The van der Waals surface area contributed by atoms with Crippen molar-refractivity contribution in [2.24, 2.45) is 0 Å². The van der Waals surface area contributed by atoms with E-state index in [-0.39, 0.29) is 0 Å². The van der Waals surface area contributed by atoms with Gasteiger partial charge in [-0.15, -0.1) is 0 Å². The van der Waals surface area contributed by atoms with Gasteiger partial charge in [0.15, 0.2) is 0 Å². The van der Waals surface area contributed by atoms with Crippen LogP contribution in [0.15, 0.2) is 23.3 Å². The molecule has 0 aromatic heterocycles. The van der Waals surface area contributed by atoms with Gasteiger partial charge in [-0.1, -0.05) is 36.1 Å². The first kappa shape index (κ1) is 9.05. The van der Waals surface area contributed by atoms with Crippen LogP contribution in [-0.4, -0.2) is 0 Å². The van der Waals surface area contributed by atoms with Crippen LogP contribution in [0.5, 0.6) is 0 Å². The first-order valence-electron chi connectivity index (χ1n) is 5.81. The standard InChI is InChI=1S/C13H20/c1-2-4-6-12-8-10-13(11-9-12)7-5-3-1/h6,10H,1-5,7-9,11H2. The smallest absolute Gasteiger partial charge is 0.0136 e. The van der Waals surface area contributed by atoms with Crippen LogP contribution in [0.3, 0.4) is 0 Å². The maximum absolute atomic E-state index is 2.50. The molecule has 3 rings (SSSR count). The highest BCUT2D eigenvalue weighted by Crippen LogP contribution is 2.27. The number of allylic oxidation sites excluding steroid dienone is 4. The predicted molar refractivity (Wildman–Crippen MR) is 57.7 cm³/mol. The molecule has 0 fully saturated rings. The molecule has 0 N–H and O–H groups in total. The molecule has 0 saturated carbocycles. The predicted octanol–water partition coefficient (Wildman–Crippen LogP) is 4.38. The van der Waals surface area contributed by atoms with E-state index < -0.39 is 0 Å². The average Bonchev–Trinajstić information content (AvgIpc) is 2.25. The summed E-state index contributed by atoms with van der Waals surface area (Å²) in [6, 6.07) is 0. The van der Waals surface area contributed by atoms with E-state index in [1.165, 1.54) is 57.8 Å². The molecule has 72 valence electrons. The Labute approximate surface area is 81.7 Å². The molecule has 0 saturated heterocycles. The Morgan fingerprint density at radius 1 is 0.692 bits per heavy atom. The van der Waals surface area contributed by atoms with E-state index in [9.17, 15) is 0 Å². The third kappa shape index (κ3) is 2.72. The molecule has 0 aliphatic heterocycles. The monoisotopic (exact) mass is 176 g/mol. The van der Waals surface area contributed by atoms with Crippen LogP contribution < -0.4 is 0 Å². The molecule has 0 aromatic carbocycles. The topological polar surface area (TPSA) is 0 Å². The number of fused-ring (bicyclic) bond motifs is 8. The average molecular weight is 176 g/mol. The van der Waals surface area contributed by atoms with E-state index in [0.717, 1.165) is 0 Å². The van der Waals surface area contributed by atoms with E-state index in [1.54, 1.807) is 11.1 Å². The minimum Gasteiger partial charge on any atom is -0.0850 e. The molecule has 0 amide bonds. The summed E-state index contributed by atoms with van der Waals surface area (Å²) in [5, 5.41) is 0. The van der Waals surface area contributed by atoms with Crippen molar-refractivity contribution < 1.29 is 0 Å². The van der Waals surface area contributed by atoms with E-state index >= 15 is 0 Å². The van der Waals surface area contributed by atoms with E-state index in [1.807, 2.05) is 0 Å². The molecule has 0 heterocycles. The molecule has 0 unspecified atom stereocenters. The molecule has 0 spiro atoms. The van der Waals surface area contributed by atoms with Crippen LogP contribution in [0.25, 0.3) is 0 Å². The third-order valence-electron chi connectivity index (χ3n) is 3.31. The molecule has 0 heteroatoms. The molecule has 3 aliphatic rings. The van der Waals surface area contributed by atoms with Crippen LogP contribution in [0.1, 0.15) is 57.8 Å². The van der Waals surface area contributed by atoms with E-state index in [2.05, 4.69) is 12.2 Å². The van der Waals surface area contributed by atoms with Crippen LogP contribution in [0, 0.1) is 0 Å². The zero-order chi connectivity index (χ0) is 8.93. The van der Waals surface area contributed by atoms with E-state index in [0.29, 0.717) is 0 Å². The first-order chi connectivity index (χ1) is 6.45. The van der Waals surface area contributed by atoms with Crippen molar-refractivity contribution in [2.45, 2.75) is 57.8 Å². The Hall–Kier alpha value is -0.520. The molecular formula is C13H20. The number of hydrogen-bond acceptors (Lipinski definition) is 0. The summed E-state index contributed by atoms with van der Waals surface area (Å²) >= 11 is 0. The quantitative estimate of drug-likeness (QED) is 0.480. The third-order valence-corrected chi connectivity index (χ3v) is 3.31. The van der Waals surface area contributed by atoms with Gasteiger partial charge in [0, 0.05) is 0 Å². The highest BCUT2D eigenvalue weighted by molar-refractivity contribution is 5.19. The maximum atomic E-state index is 2.50. The molecule has 13 heavy (non-hydrogen) atoms. The highest BCUT2D eigenvalue weighted by Gasteiger charge is 2.08. The highest BCUT2D eigenvalue weighted by atomic mass is 14.1. The lowest BCUT2D eigenvalue weighted by Crippen LogP contribution is -1.95. The van der Waals surface area contributed by atoms with Crippen molar-refractivity contribution in [3.63, 3.8) is 0 Å². The fourth-order valence-corrected chi connectivity index (χ4v) is 2.37. The molecule has 0 radical (unpaired) electrons. The first-order valence-corrected chi connectivity index (χ1v) is 5.81. The summed E-state index contributed by atoms with van der Waals surface area (Å²) in [5.74, 6) is 0. The van der Waals surface area contributed by atoms with Gasteiger partial charge in [-0.25, -0.2) is 0 Å². The number of rotatable bonds is 0. The van der Waals surface area contributed by atoms with E-state index in [4.69, 9.17) is 0 Å².